The topological polar surface area (TPSA) is 41.1 Å². The van der Waals surface area contributed by atoms with E-state index in [1.807, 2.05) is 12.1 Å². The van der Waals surface area contributed by atoms with Crippen LogP contribution in [0.3, 0.4) is 0 Å². The molecule has 3 nitrogen and oxygen atoms in total. The lowest BCUT2D eigenvalue weighted by molar-refractivity contribution is -0.117. The summed E-state index contributed by atoms with van der Waals surface area (Å²) in [5, 5.41) is 6.53. The summed E-state index contributed by atoms with van der Waals surface area (Å²) in [5.74, 6) is 0.800. The van der Waals surface area contributed by atoms with E-state index in [0.717, 1.165) is 25.2 Å². The largest absolute Gasteiger partial charge is 0.326 e. The molecule has 20 heavy (non-hydrogen) atoms. The van der Waals surface area contributed by atoms with Gasteiger partial charge in [0, 0.05) is 18.7 Å². The van der Waals surface area contributed by atoms with Crippen LogP contribution in [0.25, 0.3) is 0 Å². The van der Waals surface area contributed by atoms with Crippen molar-refractivity contribution < 1.29 is 4.79 Å². The number of hydrogen-bond acceptors (Lipinski definition) is 2. The number of nitrogens with one attached hydrogen (secondary N) is 2. The number of fused-ring (bicyclic) bond motifs is 1. The van der Waals surface area contributed by atoms with Gasteiger partial charge in [0.2, 0.25) is 5.91 Å². The molecule has 0 aromatic heterocycles. The van der Waals surface area contributed by atoms with Gasteiger partial charge in [0.05, 0.1) is 0 Å². The molecule has 1 saturated carbocycles. The second-order valence-corrected chi connectivity index (χ2v) is 6.13. The standard InChI is InChI=1S/C17H24N2O/c20-17(11-13-5-2-1-3-6-13)19-16-8-4-7-14-12-18-10-9-15(14)16/h4,7-8,13,18H,1-3,5-6,9-12H2,(H,19,20). The quantitative estimate of drug-likeness (QED) is 0.887. The number of benzene rings is 1. The minimum Gasteiger partial charge on any atom is -0.326 e. The van der Waals surface area contributed by atoms with E-state index in [0.29, 0.717) is 12.3 Å². The molecule has 0 saturated heterocycles. The zero-order chi connectivity index (χ0) is 13.8. The molecule has 3 heteroatoms. The van der Waals surface area contributed by atoms with Crippen LogP contribution >= 0.6 is 0 Å². The van der Waals surface area contributed by atoms with Gasteiger partial charge in [0.1, 0.15) is 0 Å². The summed E-state index contributed by atoms with van der Waals surface area (Å²) in [7, 11) is 0. The summed E-state index contributed by atoms with van der Waals surface area (Å²) in [5.41, 5.74) is 3.68. The average molecular weight is 272 g/mol. The van der Waals surface area contributed by atoms with Crippen LogP contribution in [-0.2, 0) is 17.8 Å². The molecule has 2 N–H and O–H groups in total. The van der Waals surface area contributed by atoms with Gasteiger partial charge in [-0.1, -0.05) is 31.4 Å². The number of carbonyl (C=O) groups excluding carboxylic acids is 1. The van der Waals surface area contributed by atoms with Crippen molar-refractivity contribution in [3.05, 3.63) is 29.3 Å². The predicted octanol–water partition coefficient (Wildman–Crippen LogP) is 3.24. The molecule has 0 radical (unpaired) electrons. The van der Waals surface area contributed by atoms with E-state index >= 15 is 0 Å². The number of hydrogen-bond donors (Lipinski definition) is 2. The van der Waals surface area contributed by atoms with Gasteiger partial charge in [-0.3, -0.25) is 4.79 Å². The van der Waals surface area contributed by atoms with E-state index in [1.54, 1.807) is 0 Å². The Morgan fingerprint density at radius 3 is 2.95 bits per heavy atom. The first-order valence-electron chi connectivity index (χ1n) is 7.94. The van der Waals surface area contributed by atoms with Crippen molar-refractivity contribution >= 4 is 11.6 Å². The normalized spacial score (nSPS) is 19.4. The highest BCUT2D eigenvalue weighted by atomic mass is 16.1. The number of carbonyl (C=O) groups is 1. The Morgan fingerprint density at radius 1 is 1.25 bits per heavy atom. The maximum atomic E-state index is 12.2. The minimum atomic E-state index is 0.198. The Kier molecular flexibility index (Phi) is 4.36. The van der Waals surface area contributed by atoms with Crippen LogP contribution in [0.2, 0.25) is 0 Å². The maximum Gasteiger partial charge on any atom is 0.224 e. The van der Waals surface area contributed by atoms with Crippen LogP contribution in [0.15, 0.2) is 18.2 Å². The predicted molar refractivity (Wildman–Crippen MR) is 81.7 cm³/mol. The molecule has 1 aliphatic heterocycles. The Bertz CT molecular complexity index is 478. The summed E-state index contributed by atoms with van der Waals surface area (Å²) in [6.07, 6.45) is 8.09. The molecule has 108 valence electrons. The van der Waals surface area contributed by atoms with Crippen LogP contribution in [-0.4, -0.2) is 12.5 Å². The molecule has 1 heterocycles. The lowest BCUT2D eigenvalue weighted by atomic mass is 9.87. The van der Waals surface area contributed by atoms with E-state index in [-0.39, 0.29) is 5.91 Å². The average Bonchev–Trinajstić information content (AvgIpc) is 2.48. The van der Waals surface area contributed by atoms with Crippen molar-refractivity contribution in [2.45, 2.75) is 51.5 Å². The van der Waals surface area contributed by atoms with E-state index in [1.165, 1.54) is 43.2 Å². The second kappa shape index (κ2) is 6.40. The van der Waals surface area contributed by atoms with Gasteiger partial charge in [-0.25, -0.2) is 0 Å². The van der Waals surface area contributed by atoms with Gasteiger partial charge in [-0.15, -0.1) is 0 Å². The van der Waals surface area contributed by atoms with Crippen molar-refractivity contribution in [3.8, 4) is 0 Å². The van der Waals surface area contributed by atoms with E-state index < -0.39 is 0 Å². The fourth-order valence-electron chi connectivity index (χ4n) is 3.50. The van der Waals surface area contributed by atoms with Gasteiger partial charge < -0.3 is 10.6 Å². The highest BCUT2D eigenvalue weighted by molar-refractivity contribution is 5.91. The molecular weight excluding hydrogens is 248 g/mol. The Morgan fingerprint density at radius 2 is 2.10 bits per heavy atom. The Hall–Kier alpha value is -1.35. The number of anilines is 1. The van der Waals surface area contributed by atoms with Crippen molar-refractivity contribution in [3.63, 3.8) is 0 Å². The second-order valence-electron chi connectivity index (χ2n) is 6.13. The summed E-state index contributed by atoms with van der Waals surface area (Å²) in [6.45, 7) is 1.92. The molecule has 0 bridgehead atoms. The van der Waals surface area contributed by atoms with Crippen LogP contribution in [0, 0.1) is 5.92 Å². The molecule has 0 unspecified atom stereocenters. The SMILES string of the molecule is O=C(CC1CCCCC1)Nc1cccc2c1CCNC2. The van der Waals surface area contributed by atoms with Crippen molar-refractivity contribution in [2.75, 3.05) is 11.9 Å². The van der Waals surface area contributed by atoms with Crippen molar-refractivity contribution in [2.24, 2.45) is 5.92 Å². The van der Waals surface area contributed by atoms with E-state index in [9.17, 15) is 4.79 Å². The molecule has 0 atom stereocenters. The lowest BCUT2D eigenvalue weighted by Gasteiger charge is -2.23. The third-order valence-electron chi connectivity index (χ3n) is 4.61. The lowest BCUT2D eigenvalue weighted by Crippen LogP contribution is -2.25. The molecule has 2 aliphatic rings. The molecule has 0 spiro atoms. The monoisotopic (exact) mass is 272 g/mol. The fraction of sp³-hybridized carbons (Fsp3) is 0.588. The van der Waals surface area contributed by atoms with Crippen molar-refractivity contribution in [1.29, 1.82) is 0 Å². The Balaban J connectivity index is 1.63. The fourth-order valence-corrected chi connectivity index (χ4v) is 3.50. The van der Waals surface area contributed by atoms with Gasteiger partial charge >= 0.3 is 0 Å². The summed E-state index contributed by atoms with van der Waals surface area (Å²) in [6, 6.07) is 6.24. The molecule has 1 fully saturated rings. The van der Waals surface area contributed by atoms with Crippen LogP contribution < -0.4 is 10.6 Å². The molecule has 1 aromatic rings. The molecule has 1 amide bonds. The molecule has 3 rings (SSSR count). The summed E-state index contributed by atoms with van der Waals surface area (Å²) in [4.78, 5) is 12.2. The third-order valence-corrected chi connectivity index (χ3v) is 4.61. The molecular formula is C17H24N2O. The first-order chi connectivity index (χ1) is 9.83. The summed E-state index contributed by atoms with van der Waals surface area (Å²) >= 11 is 0. The molecule has 1 aliphatic carbocycles. The van der Waals surface area contributed by atoms with E-state index in [2.05, 4.69) is 16.7 Å². The smallest absolute Gasteiger partial charge is 0.224 e. The first kappa shape index (κ1) is 13.6. The highest BCUT2D eigenvalue weighted by Crippen LogP contribution is 2.28. The third kappa shape index (κ3) is 3.21. The van der Waals surface area contributed by atoms with E-state index in [4.69, 9.17) is 0 Å². The van der Waals surface area contributed by atoms with Gasteiger partial charge in [-0.05, 0) is 48.9 Å². The van der Waals surface area contributed by atoms with Gasteiger partial charge in [0.15, 0.2) is 0 Å². The Labute approximate surface area is 121 Å². The summed E-state index contributed by atoms with van der Waals surface area (Å²) < 4.78 is 0. The maximum absolute atomic E-state index is 12.2. The number of rotatable bonds is 3. The van der Waals surface area contributed by atoms with Gasteiger partial charge in [-0.2, -0.15) is 0 Å². The van der Waals surface area contributed by atoms with Gasteiger partial charge in [0.25, 0.3) is 0 Å². The zero-order valence-electron chi connectivity index (χ0n) is 12.1. The number of amides is 1. The zero-order valence-corrected chi connectivity index (χ0v) is 12.1. The highest BCUT2D eigenvalue weighted by Gasteiger charge is 2.19. The van der Waals surface area contributed by atoms with Crippen LogP contribution in [0.5, 0.6) is 0 Å². The van der Waals surface area contributed by atoms with Crippen LogP contribution in [0.4, 0.5) is 5.69 Å². The van der Waals surface area contributed by atoms with Crippen molar-refractivity contribution in [1.82, 2.24) is 5.32 Å². The first-order valence-corrected chi connectivity index (χ1v) is 7.94. The van der Waals surface area contributed by atoms with Crippen LogP contribution in [0.1, 0.15) is 49.7 Å². The minimum absolute atomic E-state index is 0.198. The molecule has 1 aromatic carbocycles.